The number of benzene rings is 2. The number of hydrogen-bond acceptors (Lipinski definition) is 6. The summed E-state index contributed by atoms with van der Waals surface area (Å²) in [6.07, 6.45) is 1.06. The first-order chi connectivity index (χ1) is 13.4. The van der Waals surface area contributed by atoms with Crippen molar-refractivity contribution in [3.63, 3.8) is 0 Å². The smallest absolute Gasteiger partial charge is 0.272 e. The van der Waals surface area contributed by atoms with E-state index >= 15 is 0 Å². The highest BCUT2D eigenvalue weighted by Gasteiger charge is 2.13. The fourth-order valence-electron chi connectivity index (χ4n) is 2.76. The molecule has 1 unspecified atom stereocenters. The summed E-state index contributed by atoms with van der Waals surface area (Å²) < 4.78 is 6.46. The molecule has 1 aromatic heterocycles. The molecule has 7 nitrogen and oxygen atoms in total. The second-order valence-electron chi connectivity index (χ2n) is 6.60. The number of aryl methyl sites for hydroxylation is 1. The maximum Gasteiger partial charge on any atom is 0.272 e. The molecule has 0 fully saturated rings. The number of rotatable bonds is 7. The number of nitro benzene ring substituents is 1. The summed E-state index contributed by atoms with van der Waals surface area (Å²) in [6, 6.07) is 10.5. The average Bonchev–Trinajstić information content (AvgIpc) is 3.06. The van der Waals surface area contributed by atoms with Crippen LogP contribution in [0.5, 0.6) is 5.75 Å². The molecule has 1 N–H and O–H groups in total. The van der Waals surface area contributed by atoms with Gasteiger partial charge in [-0.3, -0.25) is 20.2 Å². The minimum atomic E-state index is -0.453. The first kappa shape index (κ1) is 19.8. The molecule has 1 amide bonds. The normalized spacial score (nSPS) is 12.0. The number of carbonyl (C=O) groups excluding carboxylic acids is 1. The molecule has 0 aliphatic heterocycles. The summed E-state index contributed by atoms with van der Waals surface area (Å²) >= 11 is 1.42. The Morgan fingerprint density at radius 1 is 1.32 bits per heavy atom. The molecule has 0 saturated carbocycles. The van der Waals surface area contributed by atoms with Gasteiger partial charge in [-0.25, -0.2) is 4.98 Å². The third-order valence-corrected chi connectivity index (χ3v) is 5.51. The van der Waals surface area contributed by atoms with Crippen LogP contribution >= 0.6 is 11.3 Å². The van der Waals surface area contributed by atoms with E-state index in [-0.39, 0.29) is 18.2 Å². The molecule has 2 aromatic carbocycles. The highest BCUT2D eigenvalue weighted by atomic mass is 32.1. The number of amides is 1. The predicted molar refractivity (Wildman–Crippen MR) is 110 cm³/mol. The molecule has 1 heterocycles. The standard InChI is InChI=1S/C20H21N3O4S/c1-4-12(2)14-5-7-16-18(10-14)28-20(21-16)22-19(24)11-27-15-6-8-17(23(25)26)13(3)9-15/h5-10,12H,4,11H2,1-3H3,(H,21,22,24). The van der Waals surface area contributed by atoms with Crippen LogP contribution in [0.2, 0.25) is 0 Å². The van der Waals surface area contributed by atoms with Gasteiger partial charge in [0, 0.05) is 11.6 Å². The summed E-state index contributed by atoms with van der Waals surface area (Å²) in [4.78, 5) is 27.0. The van der Waals surface area contributed by atoms with Gasteiger partial charge in [0.2, 0.25) is 0 Å². The molecule has 1 atom stereocenters. The van der Waals surface area contributed by atoms with Crippen LogP contribution in [0, 0.1) is 17.0 Å². The van der Waals surface area contributed by atoms with Gasteiger partial charge < -0.3 is 4.74 Å². The summed E-state index contributed by atoms with van der Waals surface area (Å²) in [5.41, 5.74) is 2.60. The molecule has 0 radical (unpaired) electrons. The zero-order valence-electron chi connectivity index (χ0n) is 15.9. The second kappa shape index (κ2) is 8.35. The number of ether oxygens (including phenoxy) is 1. The lowest BCUT2D eigenvalue weighted by molar-refractivity contribution is -0.385. The second-order valence-corrected chi connectivity index (χ2v) is 7.63. The fourth-order valence-corrected chi connectivity index (χ4v) is 3.69. The Morgan fingerprint density at radius 2 is 2.11 bits per heavy atom. The Bertz CT molecular complexity index is 1030. The Morgan fingerprint density at radius 3 is 2.79 bits per heavy atom. The van der Waals surface area contributed by atoms with E-state index in [0.717, 1.165) is 16.6 Å². The van der Waals surface area contributed by atoms with E-state index in [2.05, 4.69) is 36.3 Å². The van der Waals surface area contributed by atoms with Crippen molar-refractivity contribution in [1.82, 2.24) is 4.98 Å². The topological polar surface area (TPSA) is 94.4 Å². The quantitative estimate of drug-likeness (QED) is 0.443. The zero-order chi connectivity index (χ0) is 20.3. The van der Waals surface area contributed by atoms with Gasteiger partial charge in [0.1, 0.15) is 5.75 Å². The third kappa shape index (κ3) is 4.45. The molecule has 0 aliphatic rings. The molecule has 3 rings (SSSR count). The summed E-state index contributed by atoms with van der Waals surface area (Å²) in [6.45, 7) is 5.76. The van der Waals surface area contributed by atoms with E-state index in [1.54, 1.807) is 13.0 Å². The van der Waals surface area contributed by atoms with Crippen molar-refractivity contribution in [2.45, 2.75) is 33.1 Å². The van der Waals surface area contributed by atoms with E-state index < -0.39 is 4.92 Å². The number of thiazole rings is 1. The highest BCUT2D eigenvalue weighted by molar-refractivity contribution is 7.22. The first-order valence-electron chi connectivity index (χ1n) is 8.95. The Kier molecular flexibility index (Phi) is 5.89. The Balaban J connectivity index is 1.63. The Hall–Kier alpha value is -3.00. The van der Waals surface area contributed by atoms with Crippen molar-refractivity contribution in [2.75, 3.05) is 11.9 Å². The van der Waals surface area contributed by atoms with Gasteiger partial charge in [-0.05, 0) is 49.1 Å². The van der Waals surface area contributed by atoms with E-state index in [0.29, 0.717) is 22.4 Å². The number of fused-ring (bicyclic) bond motifs is 1. The first-order valence-corrected chi connectivity index (χ1v) is 9.77. The third-order valence-electron chi connectivity index (χ3n) is 4.58. The molecule has 0 spiro atoms. The van der Waals surface area contributed by atoms with Gasteiger partial charge in [-0.2, -0.15) is 0 Å². The van der Waals surface area contributed by atoms with Gasteiger partial charge in [-0.1, -0.05) is 31.3 Å². The van der Waals surface area contributed by atoms with E-state index in [1.165, 1.54) is 29.0 Å². The van der Waals surface area contributed by atoms with Crippen LogP contribution < -0.4 is 10.1 Å². The van der Waals surface area contributed by atoms with Gasteiger partial charge in [0.25, 0.3) is 11.6 Å². The van der Waals surface area contributed by atoms with E-state index in [9.17, 15) is 14.9 Å². The van der Waals surface area contributed by atoms with Crippen molar-refractivity contribution < 1.29 is 14.5 Å². The molecule has 0 aliphatic carbocycles. The molecular formula is C20H21N3O4S. The maximum atomic E-state index is 12.2. The summed E-state index contributed by atoms with van der Waals surface area (Å²) in [7, 11) is 0. The summed E-state index contributed by atoms with van der Waals surface area (Å²) in [5.74, 6) is 0.543. The molecule has 8 heteroatoms. The highest BCUT2D eigenvalue weighted by Crippen LogP contribution is 2.30. The number of nitro groups is 1. The van der Waals surface area contributed by atoms with Crippen LogP contribution in [-0.2, 0) is 4.79 Å². The van der Waals surface area contributed by atoms with Crippen LogP contribution in [0.25, 0.3) is 10.2 Å². The van der Waals surface area contributed by atoms with Crippen LogP contribution in [0.15, 0.2) is 36.4 Å². The molecule has 146 valence electrons. The monoisotopic (exact) mass is 399 g/mol. The minimum Gasteiger partial charge on any atom is -0.484 e. The van der Waals surface area contributed by atoms with Crippen molar-refractivity contribution in [1.29, 1.82) is 0 Å². The minimum absolute atomic E-state index is 0.0167. The average molecular weight is 399 g/mol. The lowest BCUT2D eigenvalue weighted by Gasteiger charge is -2.07. The number of nitrogens with one attached hydrogen (secondary N) is 1. The maximum absolute atomic E-state index is 12.2. The number of carbonyl (C=O) groups is 1. The van der Waals surface area contributed by atoms with Gasteiger partial charge >= 0.3 is 0 Å². The molecule has 0 saturated heterocycles. The fraction of sp³-hybridized carbons (Fsp3) is 0.300. The Labute approximate surface area is 166 Å². The largest absolute Gasteiger partial charge is 0.484 e. The zero-order valence-corrected chi connectivity index (χ0v) is 16.7. The number of aromatic nitrogens is 1. The van der Waals surface area contributed by atoms with Crippen molar-refractivity contribution in [3.05, 3.63) is 57.6 Å². The lowest BCUT2D eigenvalue weighted by Crippen LogP contribution is -2.20. The molecule has 0 bridgehead atoms. The van der Waals surface area contributed by atoms with Crippen molar-refractivity contribution >= 4 is 38.3 Å². The van der Waals surface area contributed by atoms with E-state index in [4.69, 9.17) is 4.74 Å². The predicted octanol–water partition coefficient (Wildman–Crippen LogP) is 5.04. The summed E-state index contributed by atoms with van der Waals surface area (Å²) in [5, 5.41) is 14.1. The van der Waals surface area contributed by atoms with Crippen LogP contribution in [0.4, 0.5) is 10.8 Å². The molecule has 28 heavy (non-hydrogen) atoms. The number of anilines is 1. The van der Waals surface area contributed by atoms with Gasteiger partial charge in [0.05, 0.1) is 15.1 Å². The lowest BCUT2D eigenvalue weighted by atomic mass is 9.99. The van der Waals surface area contributed by atoms with Gasteiger partial charge in [0.15, 0.2) is 11.7 Å². The number of nitrogens with zero attached hydrogens (tertiary/aromatic N) is 2. The van der Waals surface area contributed by atoms with Gasteiger partial charge in [-0.15, -0.1) is 0 Å². The SMILES string of the molecule is CCC(C)c1ccc2nc(NC(=O)COc3ccc([N+](=O)[O-])c(C)c3)sc2c1. The number of hydrogen-bond donors (Lipinski definition) is 1. The van der Waals surface area contributed by atoms with Crippen LogP contribution in [0.1, 0.15) is 37.3 Å². The molecular weight excluding hydrogens is 378 g/mol. The van der Waals surface area contributed by atoms with Crippen LogP contribution in [-0.4, -0.2) is 22.4 Å². The molecule has 3 aromatic rings. The van der Waals surface area contributed by atoms with Crippen LogP contribution in [0.3, 0.4) is 0 Å². The van der Waals surface area contributed by atoms with Crippen molar-refractivity contribution in [2.24, 2.45) is 0 Å². The van der Waals surface area contributed by atoms with E-state index in [1.807, 2.05) is 6.07 Å². The van der Waals surface area contributed by atoms with Crippen molar-refractivity contribution in [3.8, 4) is 5.75 Å².